The normalized spacial score (nSPS) is 19.7. The van der Waals surface area contributed by atoms with Gasteiger partial charge in [0.2, 0.25) is 17.7 Å². The van der Waals surface area contributed by atoms with Crippen molar-refractivity contribution in [3.8, 4) is 0 Å². The Bertz CT molecular complexity index is 546. The van der Waals surface area contributed by atoms with E-state index < -0.39 is 7.82 Å². The molecule has 0 aliphatic carbocycles. The summed E-state index contributed by atoms with van der Waals surface area (Å²) >= 11 is 1.46. The fourth-order valence-electron chi connectivity index (χ4n) is 2.37. The predicted molar refractivity (Wildman–Crippen MR) is 97.5 cm³/mol. The minimum atomic E-state index is -3.89. The maximum atomic E-state index is 12.2. The van der Waals surface area contributed by atoms with E-state index in [1.807, 2.05) is 0 Å². The molecular formula is C15H27N2O7PS. The predicted octanol–water partition coefficient (Wildman–Crippen LogP) is 1.31. The molecule has 1 rings (SSSR count). The lowest BCUT2D eigenvalue weighted by molar-refractivity contribution is -0.138. The van der Waals surface area contributed by atoms with E-state index in [0.29, 0.717) is 6.42 Å². The number of carbonyl (C=O) groups excluding carboxylic acids is 3. The highest BCUT2D eigenvalue weighted by Gasteiger charge is 2.38. The van der Waals surface area contributed by atoms with Crippen LogP contribution in [0.2, 0.25) is 0 Å². The number of phosphoric acid groups is 1. The second kappa shape index (κ2) is 11.7. The molecule has 11 heteroatoms. The maximum Gasteiger partial charge on any atom is 0.471 e. The molecule has 0 saturated carbocycles. The Kier molecular flexibility index (Phi) is 10.4. The smallest absolute Gasteiger partial charge is 0.359 e. The van der Waals surface area contributed by atoms with Gasteiger partial charge in [-0.1, -0.05) is 12.8 Å². The molecule has 1 aliphatic heterocycles. The zero-order valence-electron chi connectivity index (χ0n) is 15.1. The number of phosphoric ester groups is 1. The minimum absolute atomic E-state index is 0.122. The molecule has 0 aromatic heterocycles. The molecule has 1 saturated heterocycles. The molecular weight excluding hydrogens is 383 g/mol. The van der Waals surface area contributed by atoms with E-state index in [9.17, 15) is 18.9 Å². The van der Waals surface area contributed by atoms with Gasteiger partial charge >= 0.3 is 7.82 Å². The number of likely N-dealkylation sites (tertiary alicyclic amines) is 1. The summed E-state index contributed by atoms with van der Waals surface area (Å²) in [6.07, 6.45) is 3.56. The molecule has 150 valence electrons. The first-order valence-electron chi connectivity index (χ1n) is 8.50. The second-order valence-electron chi connectivity index (χ2n) is 5.77. The fourth-order valence-corrected chi connectivity index (χ4v) is 4.02. The summed E-state index contributed by atoms with van der Waals surface area (Å²) in [5.74, 6) is 0.120. The second-order valence-corrected chi connectivity index (χ2v) is 8.64. The van der Waals surface area contributed by atoms with Crippen molar-refractivity contribution in [1.29, 1.82) is 0 Å². The van der Waals surface area contributed by atoms with Crippen LogP contribution in [0, 0.1) is 0 Å². The Morgan fingerprint density at radius 2 is 2.04 bits per heavy atom. The third-order valence-electron chi connectivity index (χ3n) is 3.89. The van der Waals surface area contributed by atoms with Crippen molar-refractivity contribution in [2.24, 2.45) is 0 Å². The molecule has 9 nitrogen and oxygen atoms in total. The number of thioether (sulfide) groups is 1. The van der Waals surface area contributed by atoms with Gasteiger partial charge in [-0.25, -0.2) is 4.57 Å². The van der Waals surface area contributed by atoms with Gasteiger partial charge < -0.3 is 10.2 Å². The quantitative estimate of drug-likeness (QED) is 0.265. The van der Waals surface area contributed by atoms with Gasteiger partial charge in [0.05, 0.1) is 11.9 Å². The maximum absolute atomic E-state index is 12.2. The van der Waals surface area contributed by atoms with Crippen LogP contribution in [-0.2, 0) is 28.0 Å². The van der Waals surface area contributed by atoms with E-state index in [-0.39, 0.29) is 49.0 Å². The lowest BCUT2D eigenvalue weighted by Crippen LogP contribution is -2.34. The number of hydrogen-bond acceptors (Lipinski definition) is 7. The van der Waals surface area contributed by atoms with Crippen LogP contribution < -0.4 is 5.32 Å². The number of unbranched alkanes of at least 4 members (excludes halogenated alkanes) is 3. The summed E-state index contributed by atoms with van der Waals surface area (Å²) in [6.45, 7) is 0.287. The van der Waals surface area contributed by atoms with E-state index in [1.165, 1.54) is 23.7 Å². The Morgan fingerprint density at radius 1 is 1.35 bits per heavy atom. The summed E-state index contributed by atoms with van der Waals surface area (Å²) in [4.78, 5) is 45.6. The molecule has 2 unspecified atom stereocenters. The Balaban J connectivity index is 2.14. The first kappa shape index (κ1) is 23.1. The summed E-state index contributed by atoms with van der Waals surface area (Å²) in [5.41, 5.74) is 0. The van der Waals surface area contributed by atoms with Crippen LogP contribution in [0.15, 0.2) is 0 Å². The van der Waals surface area contributed by atoms with Crippen LogP contribution in [0.5, 0.6) is 0 Å². The summed E-state index contributed by atoms with van der Waals surface area (Å²) in [5, 5.41) is 2.10. The van der Waals surface area contributed by atoms with Crippen LogP contribution in [0.3, 0.4) is 0 Å². The largest absolute Gasteiger partial charge is 0.471 e. The topological polar surface area (TPSA) is 122 Å². The summed E-state index contributed by atoms with van der Waals surface area (Å²) in [6, 6.07) is 0. The van der Waals surface area contributed by atoms with Crippen LogP contribution in [0.4, 0.5) is 0 Å². The molecule has 0 aromatic carbocycles. The highest BCUT2D eigenvalue weighted by Crippen LogP contribution is 2.41. The molecule has 1 heterocycles. The van der Waals surface area contributed by atoms with Crippen molar-refractivity contribution in [2.45, 2.75) is 43.8 Å². The van der Waals surface area contributed by atoms with E-state index in [2.05, 4.69) is 9.84 Å². The Labute approximate surface area is 157 Å². The molecule has 0 spiro atoms. The van der Waals surface area contributed by atoms with Gasteiger partial charge in [0.15, 0.2) is 0 Å². The van der Waals surface area contributed by atoms with Gasteiger partial charge in [-0.05, 0) is 18.6 Å². The van der Waals surface area contributed by atoms with Gasteiger partial charge in [0, 0.05) is 33.5 Å². The highest BCUT2D eigenvalue weighted by atomic mass is 32.2. The van der Waals surface area contributed by atoms with Crippen molar-refractivity contribution in [3.63, 3.8) is 0 Å². The van der Waals surface area contributed by atoms with E-state index in [4.69, 9.17) is 9.42 Å². The number of amides is 3. The van der Waals surface area contributed by atoms with E-state index in [0.717, 1.165) is 32.1 Å². The van der Waals surface area contributed by atoms with Gasteiger partial charge in [-0.2, -0.15) is 0 Å². The molecule has 1 aliphatic rings. The number of nitrogens with zero attached hydrogens (tertiary/aromatic N) is 1. The molecule has 0 bridgehead atoms. The summed E-state index contributed by atoms with van der Waals surface area (Å²) in [7, 11) is -1.25. The molecule has 2 atom stereocenters. The highest BCUT2D eigenvalue weighted by molar-refractivity contribution is 8.00. The van der Waals surface area contributed by atoms with Crippen molar-refractivity contribution in [2.75, 3.05) is 33.1 Å². The van der Waals surface area contributed by atoms with Crippen molar-refractivity contribution in [3.05, 3.63) is 0 Å². The van der Waals surface area contributed by atoms with Crippen molar-refractivity contribution >= 4 is 37.3 Å². The Hall–Kier alpha value is -0.930. The monoisotopic (exact) mass is 410 g/mol. The van der Waals surface area contributed by atoms with Crippen LogP contribution in [-0.4, -0.2) is 65.8 Å². The standard InChI is InChI=1S/C15H27N2O7PS/c1-16-13(18)7-8-17-14(19)11-12(15(17)20)26-10-6-4-3-5-9-24-25(21,22)23-2/h12H,3-11H2,1-2H3,(H,16,18)(H,21,22). The molecule has 26 heavy (non-hydrogen) atoms. The number of rotatable bonds is 13. The molecule has 2 N–H and O–H groups in total. The first-order valence-corrected chi connectivity index (χ1v) is 11.0. The van der Waals surface area contributed by atoms with Gasteiger partial charge in [-0.3, -0.25) is 28.3 Å². The number of carbonyl (C=O) groups is 3. The lowest BCUT2D eigenvalue weighted by atomic mass is 10.2. The van der Waals surface area contributed by atoms with Crippen molar-refractivity contribution in [1.82, 2.24) is 10.2 Å². The summed E-state index contributed by atoms with van der Waals surface area (Å²) < 4.78 is 20.1. The third-order valence-corrected chi connectivity index (χ3v) is 6.15. The molecule has 3 amide bonds. The first-order chi connectivity index (χ1) is 12.3. The van der Waals surface area contributed by atoms with E-state index in [1.54, 1.807) is 0 Å². The van der Waals surface area contributed by atoms with Crippen molar-refractivity contribution < 1.29 is 32.9 Å². The van der Waals surface area contributed by atoms with Crippen LogP contribution in [0.25, 0.3) is 0 Å². The lowest BCUT2D eigenvalue weighted by Gasteiger charge is -2.14. The fraction of sp³-hybridized carbons (Fsp3) is 0.800. The number of hydrogen-bond donors (Lipinski definition) is 2. The van der Waals surface area contributed by atoms with E-state index >= 15 is 0 Å². The molecule has 1 fully saturated rings. The minimum Gasteiger partial charge on any atom is -0.359 e. The SMILES string of the molecule is CNC(=O)CCN1C(=O)CC(SCCCCCCOP(=O)(O)OC)C1=O. The Morgan fingerprint density at radius 3 is 2.69 bits per heavy atom. The zero-order valence-corrected chi connectivity index (χ0v) is 16.9. The zero-order chi connectivity index (χ0) is 19.6. The van der Waals surface area contributed by atoms with Gasteiger partial charge in [-0.15, -0.1) is 11.8 Å². The van der Waals surface area contributed by atoms with Crippen LogP contribution in [0.1, 0.15) is 38.5 Å². The molecule has 0 radical (unpaired) electrons. The number of imide groups is 1. The van der Waals surface area contributed by atoms with Gasteiger partial charge in [0.25, 0.3) is 0 Å². The molecule has 0 aromatic rings. The third kappa shape index (κ3) is 8.18. The van der Waals surface area contributed by atoms with Crippen LogP contribution >= 0.6 is 19.6 Å². The average molecular weight is 410 g/mol. The average Bonchev–Trinajstić information content (AvgIpc) is 2.88. The number of nitrogens with one attached hydrogen (secondary N) is 1. The van der Waals surface area contributed by atoms with Gasteiger partial charge in [0.1, 0.15) is 0 Å².